The minimum Gasteiger partial charge on any atom is -0.299 e. The summed E-state index contributed by atoms with van der Waals surface area (Å²) >= 11 is 0. The summed E-state index contributed by atoms with van der Waals surface area (Å²) in [5.74, 6) is 2.75. The zero-order valence-electron chi connectivity index (χ0n) is 14.2. The summed E-state index contributed by atoms with van der Waals surface area (Å²) < 4.78 is 0. The monoisotopic (exact) mass is 292 g/mol. The van der Waals surface area contributed by atoms with E-state index in [1.54, 1.807) is 0 Å². The molecular weight excluding hydrogens is 256 g/mol. The highest BCUT2D eigenvalue weighted by molar-refractivity contribution is 5.84. The van der Waals surface area contributed by atoms with Gasteiger partial charge in [0.05, 0.1) is 0 Å². The SMILES string of the molecule is CCCCCCCCCCCCC(=O)C1C2CCCCC21. The maximum atomic E-state index is 12.2. The molecule has 0 aromatic heterocycles. The number of carbonyl (C=O) groups is 1. The van der Waals surface area contributed by atoms with Gasteiger partial charge in [-0.1, -0.05) is 77.6 Å². The molecular formula is C20H36O. The highest BCUT2D eigenvalue weighted by Crippen LogP contribution is 2.56. The van der Waals surface area contributed by atoms with E-state index in [2.05, 4.69) is 6.92 Å². The molecule has 0 aliphatic heterocycles. The Labute approximate surface area is 132 Å². The van der Waals surface area contributed by atoms with E-state index in [0.29, 0.717) is 11.7 Å². The molecule has 2 rings (SSSR count). The summed E-state index contributed by atoms with van der Waals surface area (Å²) in [5, 5.41) is 0. The van der Waals surface area contributed by atoms with Crippen molar-refractivity contribution in [2.75, 3.05) is 0 Å². The topological polar surface area (TPSA) is 17.1 Å². The molecule has 2 saturated carbocycles. The van der Waals surface area contributed by atoms with Crippen LogP contribution in [0.15, 0.2) is 0 Å². The zero-order chi connectivity index (χ0) is 14.9. The predicted octanol–water partition coefficient (Wildman–Crippen LogP) is 6.30. The van der Waals surface area contributed by atoms with Crippen molar-refractivity contribution in [1.29, 1.82) is 0 Å². The summed E-state index contributed by atoms with van der Waals surface area (Å²) in [6.07, 6.45) is 19.9. The van der Waals surface area contributed by atoms with Crippen molar-refractivity contribution < 1.29 is 4.79 Å². The Morgan fingerprint density at radius 3 is 1.76 bits per heavy atom. The number of carbonyl (C=O) groups excluding carboxylic acids is 1. The molecule has 0 spiro atoms. The van der Waals surface area contributed by atoms with E-state index in [4.69, 9.17) is 0 Å². The fraction of sp³-hybridized carbons (Fsp3) is 0.950. The van der Waals surface area contributed by atoms with Gasteiger partial charge < -0.3 is 0 Å². The molecule has 2 unspecified atom stereocenters. The van der Waals surface area contributed by atoms with Crippen LogP contribution in [0.4, 0.5) is 0 Å². The summed E-state index contributed by atoms with van der Waals surface area (Å²) in [6.45, 7) is 2.28. The Bertz CT molecular complexity index is 284. The van der Waals surface area contributed by atoms with E-state index in [1.807, 2.05) is 0 Å². The van der Waals surface area contributed by atoms with E-state index < -0.39 is 0 Å². The third-order valence-electron chi connectivity index (χ3n) is 5.81. The Morgan fingerprint density at radius 2 is 1.24 bits per heavy atom. The molecule has 1 heteroatoms. The quantitative estimate of drug-likeness (QED) is 0.386. The molecule has 0 radical (unpaired) electrons. The number of unbranched alkanes of at least 4 members (excludes halogenated alkanes) is 9. The van der Waals surface area contributed by atoms with E-state index >= 15 is 0 Å². The predicted molar refractivity (Wildman–Crippen MR) is 90.4 cm³/mol. The van der Waals surface area contributed by atoms with Gasteiger partial charge in [0.1, 0.15) is 5.78 Å². The van der Waals surface area contributed by atoms with Gasteiger partial charge >= 0.3 is 0 Å². The smallest absolute Gasteiger partial charge is 0.136 e. The molecule has 0 N–H and O–H groups in total. The van der Waals surface area contributed by atoms with Gasteiger partial charge in [-0.25, -0.2) is 0 Å². The lowest BCUT2D eigenvalue weighted by molar-refractivity contribution is -0.120. The van der Waals surface area contributed by atoms with Crippen LogP contribution in [0.2, 0.25) is 0 Å². The lowest BCUT2D eigenvalue weighted by atomic mass is 10.0. The molecule has 2 atom stereocenters. The Morgan fingerprint density at radius 1 is 0.762 bits per heavy atom. The van der Waals surface area contributed by atoms with E-state index in [1.165, 1.54) is 83.5 Å². The number of ketones is 1. The number of hydrogen-bond donors (Lipinski definition) is 0. The first-order valence-corrected chi connectivity index (χ1v) is 9.87. The average molecular weight is 293 g/mol. The first kappa shape index (κ1) is 17.0. The Hall–Kier alpha value is -0.330. The lowest BCUT2D eigenvalue weighted by Crippen LogP contribution is -2.03. The molecule has 2 fully saturated rings. The van der Waals surface area contributed by atoms with Gasteiger partial charge in [0, 0.05) is 12.3 Å². The number of fused-ring (bicyclic) bond motifs is 1. The molecule has 0 aromatic rings. The molecule has 0 saturated heterocycles. The normalized spacial score (nSPS) is 27.4. The van der Waals surface area contributed by atoms with Gasteiger partial charge in [-0.3, -0.25) is 4.79 Å². The molecule has 2 aliphatic rings. The first-order valence-electron chi connectivity index (χ1n) is 9.87. The van der Waals surface area contributed by atoms with Gasteiger partial charge in [0.25, 0.3) is 0 Å². The highest BCUT2D eigenvalue weighted by atomic mass is 16.1. The summed E-state index contributed by atoms with van der Waals surface area (Å²) in [5.41, 5.74) is 0. The van der Waals surface area contributed by atoms with Crippen molar-refractivity contribution in [3.05, 3.63) is 0 Å². The highest BCUT2D eigenvalue weighted by Gasteiger charge is 2.53. The fourth-order valence-corrected chi connectivity index (χ4v) is 4.42. The number of hydrogen-bond acceptors (Lipinski definition) is 1. The third-order valence-corrected chi connectivity index (χ3v) is 5.81. The molecule has 0 heterocycles. The van der Waals surface area contributed by atoms with Crippen molar-refractivity contribution in [1.82, 2.24) is 0 Å². The van der Waals surface area contributed by atoms with Gasteiger partial charge in [0.15, 0.2) is 0 Å². The second kappa shape index (κ2) is 9.64. The van der Waals surface area contributed by atoms with Crippen LogP contribution in [-0.2, 0) is 4.79 Å². The van der Waals surface area contributed by atoms with Gasteiger partial charge in [-0.05, 0) is 31.1 Å². The van der Waals surface area contributed by atoms with Crippen LogP contribution in [-0.4, -0.2) is 5.78 Å². The van der Waals surface area contributed by atoms with E-state index in [-0.39, 0.29) is 0 Å². The van der Waals surface area contributed by atoms with Gasteiger partial charge in [-0.15, -0.1) is 0 Å². The fourth-order valence-electron chi connectivity index (χ4n) is 4.42. The Balaban J connectivity index is 1.38. The molecule has 0 bridgehead atoms. The Kier molecular flexibility index (Phi) is 7.82. The van der Waals surface area contributed by atoms with Gasteiger partial charge in [-0.2, -0.15) is 0 Å². The van der Waals surface area contributed by atoms with Gasteiger partial charge in [0.2, 0.25) is 0 Å². The standard InChI is InChI=1S/C20H36O/c1-2-3-4-5-6-7-8-9-10-11-16-19(21)20-17-14-12-13-15-18(17)20/h17-18,20H,2-16H2,1H3. The van der Waals surface area contributed by atoms with Crippen LogP contribution in [0.25, 0.3) is 0 Å². The molecule has 21 heavy (non-hydrogen) atoms. The maximum Gasteiger partial charge on any atom is 0.136 e. The summed E-state index contributed by atoms with van der Waals surface area (Å²) in [7, 11) is 0. The van der Waals surface area contributed by atoms with Crippen molar-refractivity contribution in [3.8, 4) is 0 Å². The molecule has 0 amide bonds. The molecule has 0 aromatic carbocycles. The average Bonchev–Trinajstić information content (AvgIpc) is 3.23. The van der Waals surface area contributed by atoms with Crippen LogP contribution in [0.5, 0.6) is 0 Å². The first-order chi connectivity index (χ1) is 10.3. The van der Waals surface area contributed by atoms with E-state index in [9.17, 15) is 4.79 Å². The van der Waals surface area contributed by atoms with Crippen molar-refractivity contribution in [2.45, 2.75) is 103 Å². The number of Topliss-reactive ketones (excluding diaryl/α,β-unsaturated/α-hetero) is 1. The van der Waals surface area contributed by atoms with Crippen LogP contribution in [0.1, 0.15) is 103 Å². The van der Waals surface area contributed by atoms with Crippen LogP contribution in [0, 0.1) is 17.8 Å². The lowest BCUT2D eigenvalue weighted by Gasteiger charge is -2.04. The maximum absolute atomic E-state index is 12.2. The van der Waals surface area contributed by atoms with E-state index in [0.717, 1.165) is 24.7 Å². The molecule has 2 aliphatic carbocycles. The second-order valence-electron chi connectivity index (χ2n) is 7.54. The van der Waals surface area contributed by atoms with Crippen molar-refractivity contribution in [2.24, 2.45) is 17.8 Å². The number of rotatable bonds is 12. The largest absolute Gasteiger partial charge is 0.299 e. The van der Waals surface area contributed by atoms with Crippen LogP contribution >= 0.6 is 0 Å². The third kappa shape index (κ3) is 5.75. The minimum atomic E-state index is 0.506. The zero-order valence-corrected chi connectivity index (χ0v) is 14.2. The van der Waals surface area contributed by atoms with Crippen molar-refractivity contribution >= 4 is 5.78 Å². The minimum absolute atomic E-state index is 0.506. The van der Waals surface area contributed by atoms with Crippen LogP contribution < -0.4 is 0 Å². The summed E-state index contributed by atoms with van der Waals surface area (Å²) in [4.78, 5) is 12.2. The summed E-state index contributed by atoms with van der Waals surface area (Å²) in [6, 6.07) is 0. The molecule has 1 nitrogen and oxygen atoms in total. The second-order valence-corrected chi connectivity index (χ2v) is 7.54. The molecule has 122 valence electrons. The van der Waals surface area contributed by atoms with Crippen molar-refractivity contribution in [3.63, 3.8) is 0 Å². The van der Waals surface area contributed by atoms with Crippen LogP contribution in [0.3, 0.4) is 0 Å².